The largest absolute Gasteiger partial charge is 0.346 e. The molecule has 2 nitrogen and oxygen atoms in total. The van der Waals surface area contributed by atoms with Crippen molar-refractivity contribution in [2.75, 3.05) is 0 Å². The van der Waals surface area contributed by atoms with E-state index in [9.17, 15) is 0 Å². The van der Waals surface area contributed by atoms with E-state index in [2.05, 4.69) is 22.6 Å². The maximum atomic E-state index is 4.26. The molecule has 0 amide bonds. The van der Waals surface area contributed by atoms with Crippen LogP contribution >= 0.6 is 12.6 Å². The number of aromatic nitrogens is 2. The summed E-state index contributed by atoms with van der Waals surface area (Å²) in [6, 6.07) is 3.84. The van der Waals surface area contributed by atoms with Gasteiger partial charge in [0.15, 0.2) is 0 Å². The van der Waals surface area contributed by atoms with Gasteiger partial charge in [0.05, 0.1) is 0 Å². The monoisotopic (exact) mass is 150 g/mol. The highest BCUT2D eigenvalue weighted by molar-refractivity contribution is 7.80. The highest BCUT2D eigenvalue weighted by Crippen LogP contribution is 2.17. The van der Waals surface area contributed by atoms with Crippen molar-refractivity contribution in [2.24, 2.45) is 0 Å². The lowest BCUT2D eigenvalue weighted by Crippen LogP contribution is -1.74. The molecule has 2 heterocycles. The Morgan fingerprint density at radius 2 is 2.30 bits per heavy atom. The zero-order valence-electron chi connectivity index (χ0n) is 5.20. The van der Waals surface area contributed by atoms with E-state index in [0.717, 1.165) is 15.9 Å². The van der Waals surface area contributed by atoms with Crippen molar-refractivity contribution in [3.8, 4) is 0 Å². The molecule has 0 spiro atoms. The number of pyridine rings is 1. The molecule has 2 aromatic heterocycles. The molecule has 2 aromatic rings. The topological polar surface area (TPSA) is 28.7 Å². The van der Waals surface area contributed by atoms with Gasteiger partial charge in [0.2, 0.25) is 0 Å². The van der Waals surface area contributed by atoms with E-state index in [1.54, 1.807) is 6.20 Å². The molecule has 0 radical (unpaired) electrons. The quantitative estimate of drug-likeness (QED) is 0.551. The van der Waals surface area contributed by atoms with Gasteiger partial charge in [0.1, 0.15) is 5.65 Å². The third kappa shape index (κ3) is 0.708. The van der Waals surface area contributed by atoms with E-state index in [1.165, 1.54) is 0 Å². The SMILES string of the molecule is Sc1ccnc2[nH]ccc12. The molecular weight excluding hydrogens is 144 g/mol. The molecule has 0 saturated heterocycles. The Morgan fingerprint density at radius 1 is 1.40 bits per heavy atom. The van der Waals surface area contributed by atoms with E-state index in [0.29, 0.717) is 0 Å². The normalized spacial score (nSPS) is 10.5. The minimum absolute atomic E-state index is 0.896. The van der Waals surface area contributed by atoms with Crippen LogP contribution in [0.1, 0.15) is 0 Å². The van der Waals surface area contributed by atoms with Crippen molar-refractivity contribution >= 4 is 23.7 Å². The van der Waals surface area contributed by atoms with Crippen LogP contribution in [0, 0.1) is 0 Å². The second kappa shape index (κ2) is 2.02. The molecule has 0 aliphatic rings. The standard InChI is InChI=1S/C7H6N2S/c10-6-2-4-9-7-5(6)1-3-8-7/h1-4H,(H2,8,9,10). The predicted molar refractivity (Wildman–Crippen MR) is 43.3 cm³/mol. The number of rotatable bonds is 0. The minimum atomic E-state index is 0.896. The molecule has 10 heavy (non-hydrogen) atoms. The highest BCUT2D eigenvalue weighted by atomic mass is 32.1. The second-order valence-electron chi connectivity index (χ2n) is 2.07. The van der Waals surface area contributed by atoms with Crippen LogP contribution in [0.15, 0.2) is 29.4 Å². The van der Waals surface area contributed by atoms with E-state index >= 15 is 0 Å². The van der Waals surface area contributed by atoms with Crippen LogP contribution in [0.2, 0.25) is 0 Å². The van der Waals surface area contributed by atoms with Gasteiger partial charge >= 0.3 is 0 Å². The Labute approximate surface area is 63.7 Å². The molecule has 3 heteroatoms. The lowest BCUT2D eigenvalue weighted by Gasteiger charge is -1.90. The van der Waals surface area contributed by atoms with Crippen molar-refractivity contribution in [3.63, 3.8) is 0 Å². The summed E-state index contributed by atoms with van der Waals surface area (Å²) < 4.78 is 0. The summed E-state index contributed by atoms with van der Waals surface area (Å²) in [4.78, 5) is 8.06. The Balaban J connectivity index is 2.95. The molecule has 0 atom stereocenters. The van der Waals surface area contributed by atoms with Crippen LogP contribution in [0.4, 0.5) is 0 Å². The Morgan fingerprint density at radius 3 is 3.10 bits per heavy atom. The van der Waals surface area contributed by atoms with Crippen LogP contribution in [0.5, 0.6) is 0 Å². The average Bonchev–Trinajstić information content (AvgIpc) is 2.36. The summed E-state index contributed by atoms with van der Waals surface area (Å²) in [5, 5.41) is 1.07. The first-order chi connectivity index (χ1) is 4.88. The molecule has 0 aromatic carbocycles. The molecule has 0 bridgehead atoms. The van der Waals surface area contributed by atoms with E-state index in [-0.39, 0.29) is 0 Å². The van der Waals surface area contributed by atoms with Crippen LogP contribution < -0.4 is 0 Å². The van der Waals surface area contributed by atoms with Crippen LogP contribution in [-0.2, 0) is 0 Å². The first kappa shape index (κ1) is 5.80. The third-order valence-corrected chi connectivity index (χ3v) is 1.83. The average molecular weight is 150 g/mol. The Bertz CT molecular complexity index is 353. The van der Waals surface area contributed by atoms with Gasteiger partial charge in [-0.3, -0.25) is 0 Å². The first-order valence-corrected chi connectivity index (χ1v) is 3.44. The van der Waals surface area contributed by atoms with Crippen LogP contribution in [0.25, 0.3) is 11.0 Å². The molecule has 50 valence electrons. The number of nitrogens with one attached hydrogen (secondary N) is 1. The van der Waals surface area contributed by atoms with Gasteiger partial charge in [-0.2, -0.15) is 0 Å². The molecule has 0 saturated carbocycles. The van der Waals surface area contributed by atoms with E-state index in [4.69, 9.17) is 0 Å². The maximum Gasteiger partial charge on any atom is 0.138 e. The van der Waals surface area contributed by atoms with Crippen molar-refractivity contribution in [1.29, 1.82) is 0 Å². The summed E-state index contributed by atoms with van der Waals surface area (Å²) >= 11 is 4.26. The van der Waals surface area contributed by atoms with Crippen LogP contribution in [-0.4, -0.2) is 9.97 Å². The van der Waals surface area contributed by atoms with Crippen molar-refractivity contribution in [1.82, 2.24) is 9.97 Å². The fourth-order valence-electron chi connectivity index (χ4n) is 0.946. The van der Waals surface area contributed by atoms with Gasteiger partial charge in [-0.1, -0.05) is 0 Å². The predicted octanol–water partition coefficient (Wildman–Crippen LogP) is 1.85. The molecule has 0 fully saturated rings. The van der Waals surface area contributed by atoms with E-state index < -0.39 is 0 Å². The van der Waals surface area contributed by atoms with Gasteiger partial charge in [-0.05, 0) is 12.1 Å². The fourth-order valence-corrected chi connectivity index (χ4v) is 1.19. The van der Waals surface area contributed by atoms with E-state index in [1.807, 2.05) is 18.3 Å². The smallest absolute Gasteiger partial charge is 0.138 e. The van der Waals surface area contributed by atoms with Gasteiger partial charge < -0.3 is 4.98 Å². The zero-order valence-corrected chi connectivity index (χ0v) is 6.10. The van der Waals surface area contributed by atoms with Crippen molar-refractivity contribution < 1.29 is 0 Å². The van der Waals surface area contributed by atoms with Gasteiger partial charge in [-0.25, -0.2) is 4.98 Å². The lowest BCUT2D eigenvalue weighted by molar-refractivity contribution is 1.30. The zero-order chi connectivity index (χ0) is 6.97. The molecule has 1 N–H and O–H groups in total. The number of fused-ring (bicyclic) bond motifs is 1. The summed E-state index contributed by atoms with van der Waals surface area (Å²) in [5.41, 5.74) is 0.896. The lowest BCUT2D eigenvalue weighted by atomic mass is 10.3. The van der Waals surface area contributed by atoms with Crippen molar-refractivity contribution in [2.45, 2.75) is 4.90 Å². The number of hydrogen-bond donors (Lipinski definition) is 2. The molecular formula is C7H6N2S. The Hall–Kier alpha value is -0.960. The summed E-state index contributed by atoms with van der Waals surface area (Å²) in [6.07, 6.45) is 3.60. The second-order valence-corrected chi connectivity index (χ2v) is 2.55. The molecule has 0 unspecified atom stereocenters. The minimum Gasteiger partial charge on any atom is -0.346 e. The highest BCUT2D eigenvalue weighted by Gasteiger charge is 1.96. The number of H-pyrrole nitrogens is 1. The maximum absolute atomic E-state index is 4.26. The third-order valence-electron chi connectivity index (χ3n) is 1.44. The van der Waals surface area contributed by atoms with Crippen molar-refractivity contribution in [3.05, 3.63) is 24.5 Å². The Kier molecular flexibility index (Phi) is 1.17. The first-order valence-electron chi connectivity index (χ1n) is 2.99. The van der Waals surface area contributed by atoms with Gasteiger partial charge in [-0.15, -0.1) is 12.6 Å². The number of thiol groups is 1. The molecule has 0 aliphatic heterocycles. The molecule has 0 aliphatic carbocycles. The number of hydrogen-bond acceptors (Lipinski definition) is 2. The van der Waals surface area contributed by atoms with Gasteiger partial charge in [0.25, 0.3) is 0 Å². The number of aromatic amines is 1. The molecule has 2 rings (SSSR count). The number of nitrogens with zero attached hydrogens (tertiary/aromatic N) is 1. The van der Waals surface area contributed by atoms with Gasteiger partial charge in [0, 0.05) is 22.7 Å². The summed E-state index contributed by atoms with van der Waals surface area (Å²) in [5.74, 6) is 0. The fraction of sp³-hybridized carbons (Fsp3) is 0. The summed E-state index contributed by atoms with van der Waals surface area (Å²) in [7, 11) is 0. The van der Waals surface area contributed by atoms with Crippen LogP contribution in [0.3, 0.4) is 0 Å². The summed E-state index contributed by atoms with van der Waals surface area (Å²) in [6.45, 7) is 0.